The van der Waals surface area contributed by atoms with Crippen molar-refractivity contribution in [2.75, 3.05) is 0 Å². The molecule has 92 valence electrons. The summed E-state index contributed by atoms with van der Waals surface area (Å²) in [6.45, 7) is 5.20. The highest BCUT2D eigenvalue weighted by Gasteiger charge is 2.21. The molecule has 0 saturated heterocycles. The van der Waals surface area contributed by atoms with E-state index in [1.807, 2.05) is 0 Å². The highest BCUT2D eigenvalue weighted by atomic mass is 16.6. The molecule has 5 nitrogen and oxygen atoms in total. The average Bonchev–Trinajstić information content (AvgIpc) is 1.98. The highest BCUT2D eigenvalue weighted by molar-refractivity contribution is 5.73. The van der Waals surface area contributed by atoms with Gasteiger partial charge in [0.25, 0.3) is 0 Å². The summed E-state index contributed by atoms with van der Waals surface area (Å²) in [5.74, 6) is -1.97. The number of aldehydes is 1. The van der Waals surface area contributed by atoms with Gasteiger partial charge in [0, 0.05) is 19.3 Å². The maximum absolute atomic E-state index is 11.4. The van der Waals surface area contributed by atoms with Crippen LogP contribution >= 0.6 is 0 Å². The van der Waals surface area contributed by atoms with Crippen molar-refractivity contribution in [2.45, 2.75) is 45.6 Å². The van der Waals surface area contributed by atoms with E-state index >= 15 is 0 Å². The number of carbonyl (C=O) groups is 3. The van der Waals surface area contributed by atoms with Crippen LogP contribution in [0.2, 0.25) is 0 Å². The summed E-state index contributed by atoms with van der Waals surface area (Å²) >= 11 is 0. The predicted molar refractivity (Wildman–Crippen MR) is 56.9 cm³/mol. The van der Waals surface area contributed by atoms with Crippen LogP contribution in [0.5, 0.6) is 0 Å². The van der Waals surface area contributed by atoms with Gasteiger partial charge in [-0.1, -0.05) is 0 Å². The highest BCUT2D eigenvalue weighted by Crippen LogP contribution is 2.16. The minimum atomic E-state index is -1.02. The van der Waals surface area contributed by atoms with E-state index in [2.05, 4.69) is 0 Å². The predicted octanol–water partition coefficient (Wildman–Crippen LogP) is 1.40. The number of aliphatic carboxylic acids is 1. The Morgan fingerprint density at radius 3 is 2.25 bits per heavy atom. The molecular formula is C11H18O5. The lowest BCUT2D eigenvalue weighted by Crippen LogP contribution is -2.26. The van der Waals surface area contributed by atoms with Crippen LogP contribution in [0.15, 0.2) is 0 Å². The van der Waals surface area contributed by atoms with E-state index in [0.717, 1.165) is 0 Å². The Labute approximate surface area is 94.8 Å². The summed E-state index contributed by atoms with van der Waals surface area (Å²) in [5, 5.41) is 8.59. The second-order valence-corrected chi connectivity index (χ2v) is 4.66. The van der Waals surface area contributed by atoms with Crippen LogP contribution in [0.1, 0.15) is 40.0 Å². The Balaban J connectivity index is 4.22. The fourth-order valence-electron chi connectivity index (χ4n) is 1.24. The molecule has 16 heavy (non-hydrogen) atoms. The molecule has 0 bridgehead atoms. The molecule has 0 aliphatic rings. The van der Waals surface area contributed by atoms with E-state index in [0.29, 0.717) is 6.29 Å². The largest absolute Gasteiger partial charge is 0.481 e. The molecule has 0 rings (SSSR count). The molecule has 0 spiro atoms. The molecule has 1 unspecified atom stereocenters. The maximum atomic E-state index is 11.4. The number of carbonyl (C=O) groups excluding carboxylic acids is 2. The first-order chi connectivity index (χ1) is 7.24. The second kappa shape index (κ2) is 6.25. The molecular weight excluding hydrogens is 212 g/mol. The third-order valence-electron chi connectivity index (χ3n) is 1.77. The topological polar surface area (TPSA) is 80.7 Å². The van der Waals surface area contributed by atoms with Crippen molar-refractivity contribution in [2.24, 2.45) is 5.92 Å². The van der Waals surface area contributed by atoms with Crippen molar-refractivity contribution >= 4 is 18.2 Å². The first-order valence-electron chi connectivity index (χ1n) is 5.12. The van der Waals surface area contributed by atoms with Crippen molar-refractivity contribution in [1.82, 2.24) is 0 Å². The first kappa shape index (κ1) is 14.6. The van der Waals surface area contributed by atoms with Crippen LogP contribution in [-0.2, 0) is 19.1 Å². The Bertz CT molecular complexity index is 264. The molecule has 0 saturated carbocycles. The van der Waals surface area contributed by atoms with Gasteiger partial charge in [0.15, 0.2) is 0 Å². The first-order valence-corrected chi connectivity index (χ1v) is 5.12. The molecule has 0 aliphatic heterocycles. The number of esters is 1. The Hall–Kier alpha value is -1.39. The third kappa shape index (κ3) is 7.96. The monoisotopic (exact) mass is 230 g/mol. The summed E-state index contributed by atoms with van der Waals surface area (Å²) in [7, 11) is 0. The molecule has 1 N–H and O–H groups in total. The van der Waals surface area contributed by atoms with Crippen LogP contribution in [0.3, 0.4) is 0 Å². The lowest BCUT2D eigenvalue weighted by atomic mass is 9.98. The zero-order valence-corrected chi connectivity index (χ0v) is 9.86. The van der Waals surface area contributed by atoms with Crippen LogP contribution in [0.25, 0.3) is 0 Å². The molecule has 0 aromatic rings. The zero-order valence-electron chi connectivity index (χ0n) is 9.86. The molecule has 0 amide bonds. The van der Waals surface area contributed by atoms with Crippen LogP contribution in [0.4, 0.5) is 0 Å². The third-order valence-corrected chi connectivity index (χ3v) is 1.77. The fourth-order valence-corrected chi connectivity index (χ4v) is 1.24. The summed E-state index contributed by atoms with van der Waals surface area (Å²) in [6, 6.07) is 0. The van der Waals surface area contributed by atoms with E-state index < -0.39 is 23.5 Å². The molecule has 0 fully saturated rings. The molecule has 0 radical (unpaired) electrons. The smallest absolute Gasteiger partial charge is 0.306 e. The molecule has 1 atom stereocenters. The average molecular weight is 230 g/mol. The SMILES string of the molecule is CC(C)(C)OC(=O)CC(CC=O)CC(=O)O. The van der Waals surface area contributed by atoms with Gasteiger partial charge in [-0.25, -0.2) is 0 Å². The molecule has 0 aromatic heterocycles. The van der Waals surface area contributed by atoms with Crippen molar-refractivity contribution in [3.8, 4) is 0 Å². The second-order valence-electron chi connectivity index (χ2n) is 4.66. The van der Waals surface area contributed by atoms with Crippen molar-refractivity contribution in [1.29, 1.82) is 0 Å². The van der Waals surface area contributed by atoms with E-state index in [1.165, 1.54) is 0 Å². The molecule has 0 heterocycles. The minimum Gasteiger partial charge on any atom is -0.481 e. The van der Waals surface area contributed by atoms with Crippen molar-refractivity contribution in [3.05, 3.63) is 0 Å². The van der Waals surface area contributed by atoms with Gasteiger partial charge in [0.2, 0.25) is 0 Å². The number of ether oxygens (including phenoxy) is 1. The van der Waals surface area contributed by atoms with E-state index in [9.17, 15) is 14.4 Å². The van der Waals surface area contributed by atoms with Gasteiger partial charge >= 0.3 is 11.9 Å². The van der Waals surface area contributed by atoms with Crippen LogP contribution in [0, 0.1) is 5.92 Å². The standard InChI is InChI=1S/C11H18O5/c1-11(2,3)16-10(15)7-8(4-5-12)6-9(13)14/h5,8H,4,6-7H2,1-3H3,(H,13,14). The Morgan fingerprint density at radius 1 is 1.31 bits per heavy atom. The fraction of sp³-hybridized carbons (Fsp3) is 0.727. The number of rotatable bonds is 6. The summed E-state index contributed by atoms with van der Waals surface area (Å²) in [5.41, 5.74) is -0.591. The number of hydrogen-bond acceptors (Lipinski definition) is 4. The van der Waals surface area contributed by atoms with Gasteiger partial charge in [0.05, 0.1) is 0 Å². The lowest BCUT2D eigenvalue weighted by molar-refractivity contribution is -0.156. The van der Waals surface area contributed by atoms with Gasteiger partial charge in [-0.2, -0.15) is 0 Å². The molecule has 0 aromatic carbocycles. The van der Waals surface area contributed by atoms with E-state index in [-0.39, 0.29) is 19.3 Å². The van der Waals surface area contributed by atoms with Gasteiger partial charge in [-0.3, -0.25) is 9.59 Å². The van der Waals surface area contributed by atoms with Gasteiger partial charge in [-0.15, -0.1) is 0 Å². The normalized spacial score (nSPS) is 12.9. The zero-order chi connectivity index (χ0) is 12.8. The summed E-state index contributed by atoms with van der Waals surface area (Å²) in [6.07, 6.45) is 0.448. The van der Waals surface area contributed by atoms with Crippen LogP contribution in [-0.4, -0.2) is 28.9 Å². The minimum absolute atomic E-state index is 0.0394. The van der Waals surface area contributed by atoms with Crippen molar-refractivity contribution < 1.29 is 24.2 Å². The maximum Gasteiger partial charge on any atom is 0.306 e. The molecule has 5 heteroatoms. The number of carboxylic acid groups (broad SMARTS) is 1. The van der Waals surface area contributed by atoms with Gasteiger partial charge < -0.3 is 14.6 Å². The Kier molecular flexibility index (Phi) is 5.71. The quantitative estimate of drug-likeness (QED) is 0.551. The van der Waals surface area contributed by atoms with Gasteiger partial charge in [0.1, 0.15) is 11.9 Å². The van der Waals surface area contributed by atoms with Crippen LogP contribution < -0.4 is 0 Å². The number of hydrogen-bond donors (Lipinski definition) is 1. The molecule has 0 aliphatic carbocycles. The number of carboxylic acids is 1. The van der Waals surface area contributed by atoms with Crippen molar-refractivity contribution in [3.63, 3.8) is 0 Å². The van der Waals surface area contributed by atoms with Gasteiger partial charge in [-0.05, 0) is 26.7 Å². The Morgan fingerprint density at radius 2 is 1.88 bits per heavy atom. The van der Waals surface area contributed by atoms with E-state index in [1.54, 1.807) is 20.8 Å². The summed E-state index contributed by atoms with van der Waals surface area (Å²) < 4.78 is 5.05. The lowest BCUT2D eigenvalue weighted by Gasteiger charge is -2.21. The van der Waals surface area contributed by atoms with E-state index in [4.69, 9.17) is 9.84 Å². The summed E-state index contributed by atoms with van der Waals surface area (Å²) in [4.78, 5) is 32.2.